The van der Waals surface area contributed by atoms with Crippen LogP contribution in [-0.2, 0) is 19.1 Å². The molecule has 0 saturated heterocycles. The molecule has 5 heteroatoms. The molecule has 496 valence electrons. The SMILES string of the molecule is CC/C=C\C/C=C\C/C=C\C/C=C\C/C=C\C/C=C\C/C=C\CCCCCCCCCCCCCCCCCC(=O)OC(CO)COC(=O)CCCCCCCCCCCCCCCCCCCCCCCCC/C=C\C/C=C\CCCCCCC. The van der Waals surface area contributed by atoms with E-state index >= 15 is 0 Å². The fraction of sp³-hybridized carbons (Fsp3) is 0.753. The molecule has 0 radical (unpaired) electrons. The summed E-state index contributed by atoms with van der Waals surface area (Å²) in [5.74, 6) is -0.576. The van der Waals surface area contributed by atoms with Crippen molar-refractivity contribution < 1.29 is 24.2 Å². The molecule has 1 N–H and O–H groups in total. The molecule has 0 bridgehead atoms. The van der Waals surface area contributed by atoms with E-state index < -0.39 is 6.10 Å². The molecule has 0 saturated carbocycles. The van der Waals surface area contributed by atoms with Crippen LogP contribution in [0.5, 0.6) is 0 Å². The summed E-state index contributed by atoms with van der Waals surface area (Å²) < 4.78 is 10.8. The number of aliphatic hydroxyl groups is 1. The number of esters is 2. The Bertz CT molecular complexity index is 1640. The van der Waals surface area contributed by atoms with Gasteiger partial charge in [-0.2, -0.15) is 0 Å². The summed E-state index contributed by atoms with van der Waals surface area (Å²) in [7, 11) is 0. The number of hydrogen-bond donors (Lipinski definition) is 1. The summed E-state index contributed by atoms with van der Waals surface area (Å²) in [5, 5.41) is 9.72. The molecule has 5 nitrogen and oxygen atoms in total. The minimum Gasteiger partial charge on any atom is -0.462 e. The molecular formula is C81H142O5. The summed E-state index contributed by atoms with van der Waals surface area (Å²) in [6.45, 7) is 4.06. The van der Waals surface area contributed by atoms with Crippen molar-refractivity contribution in [1.82, 2.24) is 0 Å². The van der Waals surface area contributed by atoms with Gasteiger partial charge in [-0.25, -0.2) is 0 Å². The molecule has 0 aliphatic rings. The van der Waals surface area contributed by atoms with Crippen LogP contribution in [0.3, 0.4) is 0 Å². The molecule has 1 unspecified atom stereocenters. The average molecular weight is 1200 g/mol. The van der Waals surface area contributed by atoms with Gasteiger partial charge in [-0.1, -0.05) is 367 Å². The molecule has 0 aliphatic heterocycles. The standard InChI is InChI=1S/C81H142O5/c1-3-5-7-9-11-13-15-17-19-21-23-25-27-29-31-33-35-37-39-40-42-44-46-48-50-52-54-56-58-60-62-64-66-68-70-72-74-76-81(84)86-79(77-82)78-85-80(83)75-73-71-69-67-65-63-61-59-57-55-53-51-49-47-45-43-41-38-36-34-32-30-28-26-24-22-20-18-16-14-12-10-8-6-4-2/h5,7,11,13,16-19,22-25,29,31,35,37,40,42,79,82H,3-4,6,8-10,12,14-15,20-21,26-28,30,32-34,36,38-39,41,43-78H2,1-2H3/b7-5-,13-11-,18-16-,19-17-,24-22-,25-23-,31-29-,37-35-,42-40-. The van der Waals surface area contributed by atoms with Gasteiger partial charge >= 0.3 is 11.9 Å². The number of hydrogen-bond acceptors (Lipinski definition) is 5. The van der Waals surface area contributed by atoms with Crippen molar-refractivity contribution in [2.45, 2.75) is 380 Å². The van der Waals surface area contributed by atoms with Gasteiger partial charge in [0.25, 0.3) is 0 Å². The zero-order valence-electron chi connectivity index (χ0n) is 57.1. The minimum atomic E-state index is -0.777. The smallest absolute Gasteiger partial charge is 0.306 e. The Hall–Kier alpha value is -3.44. The van der Waals surface area contributed by atoms with Crippen LogP contribution in [0.25, 0.3) is 0 Å². The molecule has 0 amide bonds. The first-order chi connectivity index (χ1) is 42.6. The van der Waals surface area contributed by atoms with E-state index in [9.17, 15) is 14.7 Å². The van der Waals surface area contributed by atoms with E-state index in [0.717, 1.165) is 89.9 Å². The number of ether oxygens (including phenoxy) is 2. The van der Waals surface area contributed by atoms with Gasteiger partial charge in [0.05, 0.1) is 6.61 Å². The van der Waals surface area contributed by atoms with Crippen LogP contribution in [0.15, 0.2) is 109 Å². The second-order valence-electron chi connectivity index (χ2n) is 25.0. The highest BCUT2D eigenvalue weighted by Gasteiger charge is 2.16. The molecule has 0 fully saturated rings. The van der Waals surface area contributed by atoms with Crippen LogP contribution < -0.4 is 0 Å². The summed E-state index contributed by atoms with van der Waals surface area (Å²) in [4.78, 5) is 24.7. The Morgan fingerprint density at radius 3 is 0.756 bits per heavy atom. The van der Waals surface area contributed by atoms with E-state index in [-0.39, 0.29) is 25.2 Å². The first-order valence-electron chi connectivity index (χ1n) is 37.4. The van der Waals surface area contributed by atoms with Gasteiger partial charge in [-0.05, 0) is 103 Å². The zero-order valence-corrected chi connectivity index (χ0v) is 57.1. The second-order valence-corrected chi connectivity index (χ2v) is 25.0. The monoisotopic (exact) mass is 1200 g/mol. The fourth-order valence-electron chi connectivity index (χ4n) is 11.0. The lowest BCUT2D eigenvalue weighted by Gasteiger charge is -2.15. The molecule has 0 aromatic heterocycles. The van der Waals surface area contributed by atoms with E-state index in [1.807, 2.05) is 0 Å². The van der Waals surface area contributed by atoms with E-state index in [1.165, 1.54) is 257 Å². The van der Waals surface area contributed by atoms with Crippen LogP contribution in [0.2, 0.25) is 0 Å². The van der Waals surface area contributed by atoms with Crippen LogP contribution in [0.1, 0.15) is 373 Å². The van der Waals surface area contributed by atoms with Gasteiger partial charge in [0.1, 0.15) is 6.61 Å². The maximum absolute atomic E-state index is 12.4. The fourth-order valence-corrected chi connectivity index (χ4v) is 11.0. The van der Waals surface area contributed by atoms with Gasteiger partial charge in [-0.15, -0.1) is 0 Å². The van der Waals surface area contributed by atoms with Gasteiger partial charge in [0.2, 0.25) is 0 Å². The Morgan fingerprint density at radius 2 is 0.500 bits per heavy atom. The number of rotatable bonds is 69. The summed E-state index contributed by atoms with van der Waals surface area (Å²) in [6.07, 6.45) is 110. The molecule has 86 heavy (non-hydrogen) atoms. The lowest BCUT2D eigenvalue weighted by molar-refractivity contribution is -0.161. The maximum atomic E-state index is 12.4. The number of unbranched alkanes of at least 4 members (excludes halogenated alkanes) is 43. The third-order valence-electron chi connectivity index (χ3n) is 16.6. The van der Waals surface area contributed by atoms with Crippen LogP contribution >= 0.6 is 0 Å². The van der Waals surface area contributed by atoms with Crippen LogP contribution in [0, 0.1) is 0 Å². The lowest BCUT2D eigenvalue weighted by atomic mass is 10.0. The topological polar surface area (TPSA) is 72.8 Å². The van der Waals surface area contributed by atoms with E-state index in [4.69, 9.17) is 9.47 Å². The van der Waals surface area contributed by atoms with Crippen molar-refractivity contribution in [2.75, 3.05) is 13.2 Å². The summed E-state index contributed by atoms with van der Waals surface area (Å²) in [5.41, 5.74) is 0. The highest BCUT2D eigenvalue weighted by molar-refractivity contribution is 5.70. The maximum Gasteiger partial charge on any atom is 0.306 e. The Kier molecular flexibility index (Phi) is 72.8. The van der Waals surface area contributed by atoms with Gasteiger partial charge in [0, 0.05) is 12.8 Å². The highest BCUT2D eigenvalue weighted by atomic mass is 16.6. The van der Waals surface area contributed by atoms with E-state index in [2.05, 4.69) is 123 Å². The Labute approximate surface area is 535 Å². The number of aliphatic hydroxyl groups excluding tert-OH is 1. The number of carbonyl (C=O) groups is 2. The Morgan fingerprint density at radius 1 is 0.279 bits per heavy atom. The van der Waals surface area contributed by atoms with Crippen molar-refractivity contribution >= 4 is 11.9 Å². The second kappa shape index (κ2) is 75.8. The summed E-state index contributed by atoms with van der Waals surface area (Å²) in [6, 6.07) is 0. The van der Waals surface area contributed by atoms with Gasteiger partial charge < -0.3 is 14.6 Å². The predicted octanol–water partition coefficient (Wildman–Crippen LogP) is 26.3. The largest absolute Gasteiger partial charge is 0.462 e. The van der Waals surface area contributed by atoms with Gasteiger partial charge in [0.15, 0.2) is 6.10 Å². The van der Waals surface area contributed by atoms with Crippen molar-refractivity contribution in [3.63, 3.8) is 0 Å². The molecule has 0 aromatic carbocycles. The number of carbonyl (C=O) groups excluding carboxylic acids is 2. The van der Waals surface area contributed by atoms with Crippen molar-refractivity contribution in [2.24, 2.45) is 0 Å². The molecule has 0 spiro atoms. The Balaban J connectivity index is 3.44. The normalized spacial score (nSPS) is 12.8. The predicted molar refractivity (Wildman–Crippen MR) is 380 cm³/mol. The van der Waals surface area contributed by atoms with E-state index in [1.54, 1.807) is 0 Å². The summed E-state index contributed by atoms with van der Waals surface area (Å²) >= 11 is 0. The first kappa shape index (κ1) is 82.6. The van der Waals surface area contributed by atoms with Crippen molar-refractivity contribution in [1.29, 1.82) is 0 Å². The average Bonchev–Trinajstić information content (AvgIpc) is 3.53. The molecule has 0 aliphatic carbocycles. The van der Waals surface area contributed by atoms with Gasteiger partial charge in [-0.3, -0.25) is 9.59 Å². The molecule has 0 aromatic rings. The zero-order chi connectivity index (χ0) is 61.9. The van der Waals surface area contributed by atoms with Crippen LogP contribution in [-0.4, -0.2) is 36.4 Å². The van der Waals surface area contributed by atoms with Crippen molar-refractivity contribution in [3.05, 3.63) is 109 Å². The lowest BCUT2D eigenvalue weighted by Crippen LogP contribution is -2.28. The number of allylic oxidation sites excluding steroid dienone is 18. The highest BCUT2D eigenvalue weighted by Crippen LogP contribution is 2.18. The molecule has 0 rings (SSSR count). The minimum absolute atomic E-state index is 0.0651. The van der Waals surface area contributed by atoms with Crippen molar-refractivity contribution in [3.8, 4) is 0 Å². The molecular weight excluding hydrogens is 1050 g/mol. The third kappa shape index (κ3) is 73.0. The third-order valence-corrected chi connectivity index (χ3v) is 16.6. The van der Waals surface area contributed by atoms with E-state index in [0.29, 0.717) is 12.8 Å². The molecule has 0 heterocycles. The quantitative estimate of drug-likeness (QED) is 0.0373. The first-order valence-corrected chi connectivity index (χ1v) is 37.4. The van der Waals surface area contributed by atoms with Crippen LogP contribution in [0.4, 0.5) is 0 Å². The molecule has 1 atom stereocenters.